The predicted octanol–water partition coefficient (Wildman–Crippen LogP) is 3.98. The van der Waals surface area contributed by atoms with Gasteiger partial charge in [-0.2, -0.15) is 0 Å². The van der Waals surface area contributed by atoms with E-state index in [1.54, 1.807) is 24.3 Å². The molecule has 2 aromatic rings. The second-order valence-corrected chi connectivity index (χ2v) is 5.50. The maximum absolute atomic E-state index is 13.4. The summed E-state index contributed by atoms with van der Waals surface area (Å²) in [5.74, 6) is -1.24. The van der Waals surface area contributed by atoms with E-state index >= 15 is 0 Å². The summed E-state index contributed by atoms with van der Waals surface area (Å²) in [6.45, 7) is 0.762. The molecule has 0 radical (unpaired) electrons. The Labute approximate surface area is 123 Å². The standard InChI is InChI=1S/C15H11BrFNO2/c16-13-8-11(3-4-12(13)15(19)20)18-6-5-9-1-2-10(17)7-14(9)18/h1-4,7-8H,5-6H2,(H,19,20). The molecule has 0 amide bonds. The minimum absolute atomic E-state index is 0.215. The number of fused-ring (bicyclic) bond motifs is 1. The summed E-state index contributed by atoms with van der Waals surface area (Å²) >= 11 is 3.27. The van der Waals surface area contributed by atoms with E-state index in [0.29, 0.717) is 4.47 Å². The summed E-state index contributed by atoms with van der Waals surface area (Å²) in [7, 11) is 0. The Morgan fingerprint density at radius 3 is 2.75 bits per heavy atom. The smallest absolute Gasteiger partial charge is 0.336 e. The molecule has 1 aliphatic rings. The zero-order valence-electron chi connectivity index (χ0n) is 10.4. The van der Waals surface area contributed by atoms with Crippen LogP contribution in [0.1, 0.15) is 15.9 Å². The number of nitrogens with zero attached hydrogens (tertiary/aromatic N) is 1. The fourth-order valence-corrected chi connectivity index (χ4v) is 3.00. The van der Waals surface area contributed by atoms with Crippen molar-refractivity contribution in [2.24, 2.45) is 0 Å². The SMILES string of the molecule is O=C(O)c1ccc(N2CCc3ccc(F)cc32)cc1Br. The molecule has 3 rings (SSSR count). The second-order valence-electron chi connectivity index (χ2n) is 4.64. The van der Waals surface area contributed by atoms with Crippen LogP contribution in [0, 0.1) is 5.82 Å². The Kier molecular flexibility index (Phi) is 3.22. The van der Waals surface area contributed by atoms with Crippen LogP contribution in [-0.2, 0) is 6.42 Å². The molecule has 0 spiro atoms. The lowest BCUT2D eigenvalue weighted by molar-refractivity contribution is 0.0696. The topological polar surface area (TPSA) is 40.5 Å². The number of hydrogen-bond donors (Lipinski definition) is 1. The number of carbonyl (C=O) groups is 1. The highest BCUT2D eigenvalue weighted by Gasteiger charge is 2.22. The minimum atomic E-state index is -0.976. The third-order valence-electron chi connectivity index (χ3n) is 3.44. The van der Waals surface area contributed by atoms with Crippen molar-refractivity contribution < 1.29 is 14.3 Å². The molecule has 1 heterocycles. The summed E-state index contributed by atoms with van der Waals surface area (Å²) in [6.07, 6.45) is 0.855. The predicted molar refractivity (Wildman–Crippen MR) is 78.2 cm³/mol. The zero-order valence-corrected chi connectivity index (χ0v) is 12.0. The summed E-state index contributed by atoms with van der Waals surface area (Å²) in [5, 5.41) is 9.02. The van der Waals surface area contributed by atoms with Crippen molar-refractivity contribution in [2.75, 3.05) is 11.4 Å². The molecule has 102 valence electrons. The Hall–Kier alpha value is -1.88. The molecule has 0 saturated carbocycles. The average Bonchev–Trinajstić information content (AvgIpc) is 2.81. The summed E-state index contributed by atoms with van der Waals surface area (Å²) in [6, 6.07) is 9.83. The quantitative estimate of drug-likeness (QED) is 0.902. The molecule has 5 heteroatoms. The first kappa shape index (κ1) is 13.1. The van der Waals surface area contributed by atoms with Gasteiger partial charge in [-0.15, -0.1) is 0 Å². The van der Waals surface area contributed by atoms with Gasteiger partial charge in [0, 0.05) is 22.4 Å². The van der Waals surface area contributed by atoms with Gasteiger partial charge in [-0.05, 0) is 58.2 Å². The highest BCUT2D eigenvalue weighted by Crippen LogP contribution is 2.36. The Bertz CT molecular complexity index is 702. The number of benzene rings is 2. The molecule has 0 bridgehead atoms. The Morgan fingerprint density at radius 2 is 2.05 bits per heavy atom. The molecule has 1 N–H and O–H groups in total. The normalized spacial score (nSPS) is 13.4. The second kappa shape index (κ2) is 4.90. The van der Waals surface area contributed by atoms with E-state index in [1.165, 1.54) is 12.1 Å². The Morgan fingerprint density at radius 1 is 1.25 bits per heavy atom. The van der Waals surface area contributed by atoms with Crippen LogP contribution < -0.4 is 4.90 Å². The molecule has 0 saturated heterocycles. The van der Waals surface area contributed by atoms with Gasteiger partial charge in [0.15, 0.2) is 0 Å². The fourth-order valence-electron chi connectivity index (χ4n) is 2.47. The first-order chi connectivity index (χ1) is 9.56. The third kappa shape index (κ3) is 2.18. The minimum Gasteiger partial charge on any atom is -0.478 e. The number of carboxylic acids is 1. The van der Waals surface area contributed by atoms with Gasteiger partial charge >= 0.3 is 5.97 Å². The lowest BCUT2D eigenvalue weighted by Gasteiger charge is -2.20. The van der Waals surface area contributed by atoms with Crippen molar-refractivity contribution in [1.29, 1.82) is 0 Å². The fraction of sp³-hybridized carbons (Fsp3) is 0.133. The number of hydrogen-bond acceptors (Lipinski definition) is 2. The summed E-state index contributed by atoms with van der Waals surface area (Å²) < 4.78 is 13.9. The number of anilines is 2. The molecule has 0 aliphatic carbocycles. The number of aromatic carboxylic acids is 1. The van der Waals surface area contributed by atoms with Gasteiger partial charge in [-0.3, -0.25) is 0 Å². The van der Waals surface area contributed by atoms with E-state index in [0.717, 1.165) is 29.9 Å². The van der Waals surface area contributed by atoms with Crippen LogP contribution >= 0.6 is 15.9 Å². The van der Waals surface area contributed by atoms with Gasteiger partial charge in [-0.25, -0.2) is 9.18 Å². The van der Waals surface area contributed by atoms with Crippen molar-refractivity contribution in [3.05, 3.63) is 57.8 Å². The molecule has 1 aliphatic heterocycles. The number of carboxylic acid groups (broad SMARTS) is 1. The molecule has 0 unspecified atom stereocenters. The van der Waals surface area contributed by atoms with Gasteiger partial charge in [0.05, 0.1) is 5.56 Å². The summed E-state index contributed by atoms with van der Waals surface area (Å²) in [5.41, 5.74) is 3.02. The van der Waals surface area contributed by atoms with Gasteiger partial charge < -0.3 is 10.0 Å². The van der Waals surface area contributed by atoms with E-state index in [1.807, 2.05) is 4.90 Å². The third-order valence-corrected chi connectivity index (χ3v) is 4.09. The first-order valence-electron chi connectivity index (χ1n) is 6.15. The van der Waals surface area contributed by atoms with Crippen molar-refractivity contribution in [2.45, 2.75) is 6.42 Å². The monoisotopic (exact) mass is 335 g/mol. The molecule has 0 aromatic heterocycles. The van der Waals surface area contributed by atoms with Crippen molar-refractivity contribution in [1.82, 2.24) is 0 Å². The molecule has 0 fully saturated rings. The van der Waals surface area contributed by atoms with Crippen molar-refractivity contribution in [3.63, 3.8) is 0 Å². The van der Waals surface area contributed by atoms with E-state index < -0.39 is 5.97 Å². The lowest BCUT2D eigenvalue weighted by atomic mass is 10.1. The van der Waals surface area contributed by atoms with E-state index in [-0.39, 0.29) is 11.4 Å². The largest absolute Gasteiger partial charge is 0.478 e. The van der Waals surface area contributed by atoms with Crippen LogP contribution in [0.15, 0.2) is 40.9 Å². The molecule has 2 aromatic carbocycles. The molecular formula is C15H11BrFNO2. The van der Waals surface area contributed by atoms with Crippen LogP contribution in [0.25, 0.3) is 0 Å². The van der Waals surface area contributed by atoms with Crippen molar-refractivity contribution >= 4 is 33.3 Å². The molecule has 0 atom stereocenters. The summed E-state index contributed by atoms with van der Waals surface area (Å²) in [4.78, 5) is 13.0. The van der Waals surface area contributed by atoms with Crippen LogP contribution in [0.3, 0.4) is 0 Å². The molecule has 20 heavy (non-hydrogen) atoms. The molecular weight excluding hydrogens is 325 g/mol. The maximum atomic E-state index is 13.4. The Balaban J connectivity index is 2.02. The van der Waals surface area contributed by atoms with Gasteiger partial charge in [0.25, 0.3) is 0 Å². The van der Waals surface area contributed by atoms with Crippen LogP contribution in [0.2, 0.25) is 0 Å². The van der Waals surface area contributed by atoms with Gasteiger partial charge in [-0.1, -0.05) is 6.07 Å². The van der Waals surface area contributed by atoms with Crippen molar-refractivity contribution in [3.8, 4) is 0 Å². The van der Waals surface area contributed by atoms with E-state index in [2.05, 4.69) is 15.9 Å². The van der Waals surface area contributed by atoms with Crippen LogP contribution in [0.4, 0.5) is 15.8 Å². The highest BCUT2D eigenvalue weighted by molar-refractivity contribution is 9.10. The lowest BCUT2D eigenvalue weighted by Crippen LogP contribution is -2.13. The van der Waals surface area contributed by atoms with E-state index in [4.69, 9.17) is 5.11 Å². The average molecular weight is 336 g/mol. The zero-order chi connectivity index (χ0) is 14.3. The van der Waals surface area contributed by atoms with Gasteiger partial charge in [0.1, 0.15) is 5.82 Å². The highest BCUT2D eigenvalue weighted by atomic mass is 79.9. The maximum Gasteiger partial charge on any atom is 0.336 e. The van der Waals surface area contributed by atoms with Gasteiger partial charge in [0.2, 0.25) is 0 Å². The van der Waals surface area contributed by atoms with Crippen LogP contribution in [0.5, 0.6) is 0 Å². The molecule has 3 nitrogen and oxygen atoms in total. The number of rotatable bonds is 2. The van der Waals surface area contributed by atoms with E-state index in [9.17, 15) is 9.18 Å². The van der Waals surface area contributed by atoms with Crippen LogP contribution in [-0.4, -0.2) is 17.6 Å². The number of halogens is 2. The first-order valence-corrected chi connectivity index (χ1v) is 6.94.